The summed E-state index contributed by atoms with van der Waals surface area (Å²) < 4.78 is 16.9. The van der Waals surface area contributed by atoms with E-state index in [1.807, 2.05) is 0 Å². The highest BCUT2D eigenvalue weighted by atomic mass is 16.6. The molecule has 0 aromatic heterocycles. The Morgan fingerprint density at radius 2 is 0.500 bits per heavy atom. The standard InChI is InChI=1S/C60H114O6/c1-4-7-10-13-16-19-22-25-27-28-29-30-31-32-33-36-38-41-44-47-50-53-59(62)65-56-57(55-64-58(61)52-49-46-43-40-37-34-24-21-18-15-12-9-6-3)66-60(63)54-51-48-45-42-39-35-26-23-20-17-14-11-8-5-2/h21,24,57H,4-20,22-23,25-56H2,1-3H3/b24-21-. The van der Waals surface area contributed by atoms with Gasteiger partial charge in [0.25, 0.3) is 0 Å². The molecule has 0 saturated heterocycles. The normalized spacial score (nSPS) is 12.0. The van der Waals surface area contributed by atoms with E-state index in [4.69, 9.17) is 14.2 Å². The van der Waals surface area contributed by atoms with Crippen LogP contribution in [0.2, 0.25) is 0 Å². The molecule has 0 aliphatic heterocycles. The third-order valence-corrected chi connectivity index (χ3v) is 13.5. The average Bonchev–Trinajstić information content (AvgIpc) is 3.31. The molecule has 0 aliphatic carbocycles. The number of allylic oxidation sites excluding steroid dienone is 2. The van der Waals surface area contributed by atoms with Gasteiger partial charge in [-0.05, 0) is 44.9 Å². The van der Waals surface area contributed by atoms with E-state index in [1.54, 1.807) is 0 Å². The summed E-state index contributed by atoms with van der Waals surface area (Å²) in [6, 6.07) is 0. The second-order valence-corrected chi connectivity index (χ2v) is 20.3. The van der Waals surface area contributed by atoms with Crippen molar-refractivity contribution in [1.29, 1.82) is 0 Å². The van der Waals surface area contributed by atoms with Crippen LogP contribution in [0.5, 0.6) is 0 Å². The van der Waals surface area contributed by atoms with Gasteiger partial charge in [-0.25, -0.2) is 0 Å². The molecule has 0 heterocycles. The Hall–Kier alpha value is -1.85. The molecule has 0 rings (SSSR count). The number of carbonyl (C=O) groups is 3. The topological polar surface area (TPSA) is 78.9 Å². The van der Waals surface area contributed by atoms with Gasteiger partial charge < -0.3 is 14.2 Å². The molecule has 0 aromatic carbocycles. The van der Waals surface area contributed by atoms with Crippen LogP contribution in [0, 0.1) is 0 Å². The molecule has 6 heteroatoms. The zero-order valence-electron chi connectivity index (χ0n) is 44.7. The summed E-state index contributed by atoms with van der Waals surface area (Å²) in [5.41, 5.74) is 0. The fourth-order valence-electron chi connectivity index (χ4n) is 9.03. The first-order chi connectivity index (χ1) is 32.5. The predicted octanol–water partition coefficient (Wildman–Crippen LogP) is 19.7. The smallest absolute Gasteiger partial charge is 0.306 e. The molecule has 0 fully saturated rings. The largest absolute Gasteiger partial charge is 0.462 e. The van der Waals surface area contributed by atoms with Crippen molar-refractivity contribution in [3.63, 3.8) is 0 Å². The maximum Gasteiger partial charge on any atom is 0.306 e. The van der Waals surface area contributed by atoms with Crippen molar-refractivity contribution >= 4 is 17.9 Å². The summed E-state index contributed by atoms with van der Waals surface area (Å²) in [5, 5.41) is 0. The monoisotopic (exact) mass is 931 g/mol. The van der Waals surface area contributed by atoms with E-state index < -0.39 is 6.10 Å². The third kappa shape index (κ3) is 53.1. The highest BCUT2D eigenvalue weighted by Crippen LogP contribution is 2.17. The fourth-order valence-corrected chi connectivity index (χ4v) is 9.03. The van der Waals surface area contributed by atoms with Crippen molar-refractivity contribution in [1.82, 2.24) is 0 Å². The lowest BCUT2D eigenvalue weighted by molar-refractivity contribution is -0.167. The highest BCUT2D eigenvalue weighted by molar-refractivity contribution is 5.71. The van der Waals surface area contributed by atoms with E-state index >= 15 is 0 Å². The molecular formula is C60H114O6. The van der Waals surface area contributed by atoms with E-state index in [0.29, 0.717) is 19.3 Å². The first kappa shape index (κ1) is 64.2. The first-order valence-corrected chi connectivity index (χ1v) is 29.7. The Bertz CT molecular complexity index is 1020. The molecule has 66 heavy (non-hydrogen) atoms. The summed E-state index contributed by atoms with van der Waals surface area (Å²) in [5.74, 6) is -0.851. The number of rotatable bonds is 55. The van der Waals surface area contributed by atoms with Crippen LogP contribution >= 0.6 is 0 Å². The number of unbranched alkanes of at least 4 members (excludes halogenated alkanes) is 42. The van der Waals surface area contributed by atoms with Crippen LogP contribution in [0.25, 0.3) is 0 Å². The van der Waals surface area contributed by atoms with E-state index in [9.17, 15) is 14.4 Å². The summed E-state index contributed by atoms with van der Waals surface area (Å²) in [7, 11) is 0. The molecule has 0 spiro atoms. The molecule has 0 aromatic rings. The number of esters is 3. The molecule has 0 saturated carbocycles. The molecule has 0 N–H and O–H groups in total. The Kier molecular flexibility index (Phi) is 54.2. The van der Waals surface area contributed by atoms with Gasteiger partial charge in [-0.3, -0.25) is 14.4 Å². The van der Waals surface area contributed by atoms with Gasteiger partial charge in [-0.15, -0.1) is 0 Å². The fraction of sp³-hybridized carbons (Fsp3) is 0.917. The van der Waals surface area contributed by atoms with Crippen LogP contribution in [0.3, 0.4) is 0 Å². The quantitative estimate of drug-likeness (QED) is 0.0262. The van der Waals surface area contributed by atoms with E-state index in [-0.39, 0.29) is 31.1 Å². The van der Waals surface area contributed by atoms with Crippen molar-refractivity contribution in [2.45, 2.75) is 341 Å². The van der Waals surface area contributed by atoms with Crippen molar-refractivity contribution in [3.05, 3.63) is 12.2 Å². The van der Waals surface area contributed by atoms with Gasteiger partial charge in [0.2, 0.25) is 0 Å². The lowest BCUT2D eigenvalue weighted by Crippen LogP contribution is -2.30. The van der Waals surface area contributed by atoms with Gasteiger partial charge >= 0.3 is 17.9 Å². The molecular weight excluding hydrogens is 817 g/mol. The van der Waals surface area contributed by atoms with Crippen LogP contribution in [-0.4, -0.2) is 37.2 Å². The maximum absolute atomic E-state index is 12.8. The Labute approximate surface area is 411 Å². The Balaban J connectivity index is 4.25. The lowest BCUT2D eigenvalue weighted by Gasteiger charge is -2.18. The maximum atomic E-state index is 12.8. The number of carbonyl (C=O) groups excluding carboxylic acids is 3. The van der Waals surface area contributed by atoms with Gasteiger partial charge in [0.15, 0.2) is 6.10 Å². The minimum atomic E-state index is -0.767. The molecule has 0 bridgehead atoms. The molecule has 0 amide bonds. The number of hydrogen-bond acceptors (Lipinski definition) is 6. The molecule has 1 unspecified atom stereocenters. The summed E-state index contributed by atoms with van der Waals surface area (Å²) in [6.45, 7) is 6.68. The second kappa shape index (κ2) is 55.7. The van der Waals surface area contributed by atoms with Gasteiger partial charge in [0.05, 0.1) is 0 Å². The van der Waals surface area contributed by atoms with Crippen molar-refractivity contribution in [3.8, 4) is 0 Å². The summed E-state index contributed by atoms with van der Waals surface area (Å²) in [4.78, 5) is 38.1. The molecule has 0 aliphatic rings. The minimum absolute atomic E-state index is 0.0664. The van der Waals surface area contributed by atoms with Crippen LogP contribution in [0.4, 0.5) is 0 Å². The van der Waals surface area contributed by atoms with Crippen LogP contribution in [0.15, 0.2) is 12.2 Å². The SMILES string of the molecule is CCCCCC/C=C\CCCCCCCC(=O)OCC(COC(=O)CCCCCCCCCCCCCCCCCCCCCCC)OC(=O)CCCCCCCCCCCCCCCC. The van der Waals surface area contributed by atoms with Gasteiger partial charge in [0, 0.05) is 19.3 Å². The van der Waals surface area contributed by atoms with Gasteiger partial charge in [-0.2, -0.15) is 0 Å². The van der Waals surface area contributed by atoms with E-state index in [1.165, 1.54) is 231 Å². The van der Waals surface area contributed by atoms with E-state index in [0.717, 1.165) is 64.2 Å². The van der Waals surface area contributed by atoms with Gasteiger partial charge in [0.1, 0.15) is 13.2 Å². The van der Waals surface area contributed by atoms with Crippen LogP contribution < -0.4 is 0 Å². The third-order valence-electron chi connectivity index (χ3n) is 13.5. The Morgan fingerprint density at radius 3 is 0.773 bits per heavy atom. The molecule has 6 nitrogen and oxygen atoms in total. The zero-order valence-corrected chi connectivity index (χ0v) is 44.7. The minimum Gasteiger partial charge on any atom is -0.462 e. The van der Waals surface area contributed by atoms with Crippen molar-refractivity contribution in [2.75, 3.05) is 13.2 Å². The molecule has 0 radical (unpaired) electrons. The van der Waals surface area contributed by atoms with E-state index in [2.05, 4.69) is 32.9 Å². The molecule has 1 atom stereocenters. The second-order valence-electron chi connectivity index (χ2n) is 20.3. The zero-order chi connectivity index (χ0) is 47.9. The van der Waals surface area contributed by atoms with Gasteiger partial charge in [-0.1, -0.05) is 283 Å². The van der Waals surface area contributed by atoms with Crippen molar-refractivity contribution < 1.29 is 28.6 Å². The first-order valence-electron chi connectivity index (χ1n) is 29.7. The highest BCUT2D eigenvalue weighted by Gasteiger charge is 2.19. The lowest BCUT2D eigenvalue weighted by atomic mass is 10.0. The number of ether oxygens (including phenoxy) is 3. The summed E-state index contributed by atoms with van der Waals surface area (Å²) >= 11 is 0. The Morgan fingerprint density at radius 1 is 0.288 bits per heavy atom. The average molecular weight is 932 g/mol. The van der Waals surface area contributed by atoms with Crippen molar-refractivity contribution in [2.24, 2.45) is 0 Å². The number of hydrogen-bond donors (Lipinski definition) is 0. The predicted molar refractivity (Wildman–Crippen MR) is 284 cm³/mol. The molecule has 390 valence electrons. The van der Waals surface area contributed by atoms with Crippen LogP contribution in [0.1, 0.15) is 335 Å². The summed E-state index contributed by atoms with van der Waals surface area (Å²) in [6.07, 6.45) is 63.5. The van der Waals surface area contributed by atoms with Crippen LogP contribution in [-0.2, 0) is 28.6 Å².